The summed E-state index contributed by atoms with van der Waals surface area (Å²) in [5, 5.41) is 15.2. The van der Waals surface area contributed by atoms with Crippen molar-refractivity contribution in [3.8, 4) is 6.07 Å². The van der Waals surface area contributed by atoms with Crippen molar-refractivity contribution < 1.29 is 9.18 Å². The number of nitrogens with zero attached hydrogens (tertiary/aromatic N) is 1. The van der Waals surface area contributed by atoms with Crippen LogP contribution in [0, 0.1) is 23.1 Å². The summed E-state index contributed by atoms with van der Waals surface area (Å²) < 4.78 is 13.8. The van der Waals surface area contributed by atoms with E-state index in [0.29, 0.717) is 24.0 Å². The number of hydrogen-bond acceptors (Lipinski definition) is 4. The normalized spacial score (nSPS) is 20.2. The van der Waals surface area contributed by atoms with E-state index >= 15 is 0 Å². The SMILES string of the molecule is N#CC1CCC(CNC(=O)Cc2cc3c(F)cccc3[nH]c2=O)NC1. The second-order valence-corrected chi connectivity index (χ2v) is 6.31. The molecule has 1 saturated heterocycles. The zero-order valence-electron chi connectivity index (χ0n) is 13.6. The number of benzene rings is 1. The lowest BCUT2D eigenvalue weighted by Gasteiger charge is -2.26. The molecule has 1 aromatic carbocycles. The molecule has 6 nitrogen and oxygen atoms in total. The Kier molecular flexibility index (Phi) is 5.10. The Balaban J connectivity index is 1.61. The van der Waals surface area contributed by atoms with Crippen molar-refractivity contribution in [2.75, 3.05) is 13.1 Å². The van der Waals surface area contributed by atoms with E-state index in [1.807, 2.05) is 0 Å². The number of aromatic nitrogens is 1. The van der Waals surface area contributed by atoms with Crippen LogP contribution in [0.15, 0.2) is 29.1 Å². The average molecular weight is 342 g/mol. The van der Waals surface area contributed by atoms with Gasteiger partial charge in [-0.1, -0.05) is 6.07 Å². The lowest BCUT2D eigenvalue weighted by molar-refractivity contribution is -0.120. The molecule has 2 unspecified atom stereocenters. The van der Waals surface area contributed by atoms with Crippen molar-refractivity contribution in [1.82, 2.24) is 15.6 Å². The summed E-state index contributed by atoms with van der Waals surface area (Å²) in [6.45, 7) is 1.07. The maximum absolute atomic E-state index is 13.8. The van der Waals surface area contributed by atoms with Gasteiger partial charge in [-0.25, -0.2) is 4.39 Å². The number of pyridine rings is 1. The molecule has 0 bridgehead atoms. The fraction of sp³-hybridized carbons (Fsp3) is 0.389. The second kappa shape index (κ2) is 7.45. The molecule has 0 saturated carbocycles. The number of fused-ring (bicyclic) bond motifs is 1. The van der Waals surface area contributed by atoms with E-state index in [0.717, 1.165) is 12.8 Å². The molecule has 7 heteroatoms. The van der Waals surface area contributed by atoms with Crippen LogP contribution in [0.1, 0.15) is 18.4 Å². The zero-order valence-corrected chi connectivity index (χ0v) is 13.6. The number of rotatable bonds is 4. The first-order valence-corrected chi connectivity index (χ1v) is 8.27. The number of amides is 1. The predicted octanol–water partition coefficient (Wildman–Crippen LogP) is 1.22. The smallest absolute Gasteiger partial charge is 0.252 e. The Morgan fingerprint density at radius 2 is 2.24 bits per heavy atom. The average Bonchev–Trinajstić information content (AvgIpc) is 2.62. The Hall–Kier alpha value is -2.72. The largest absolute Gasteiger partial charge is 0.354 e. The first-order valence-electron chi connectivity index (χ1n) is 8.27. The Morgan fingerprint density at radius 3 is 2.96 bits per heavy atom. The minimum atomic E-state index is -0.436. The van der Waals surface area contributed by atoms with E-state index in [9.17, 15) is 14.0 Å². The summed E-state index contributed by atoms with van der Waals surface area (Å²) in [5.74, 6) is -0.697. The van der Waals surface area contributed by atoms with Gasteiger partial charge in [-0.05, 0) is 31.0 Å². The third-order valence-corrected chi connectivity index (χ3v) is 4.51. The number of nitrogens with one attached hydrogen (secondary N) is 3. The molecule has 130 valence electrons. The minimum Gasteiger partial charge on any atom is -0.354 e. The molecule has 0 aliphatic carbocycles. The standard InChI is InChI=1S/C18H19FN4O2/c19-15-2-1-3-16-14(15)6-12(18(25)23-16)7-17(24)22-10-13-5-4-11(8-20)9-21-13/h1-3,6,11,13,21H,4-5,7,9-10H2,(H,22,24)(H,23,25). The van der Waals surface area contributed by atoms with Crippen LogP contribution in [0.2, 0.25) is 0 Å². The number of carbonyl (C=O) groups is 1. The van der Waals surface area contributed by atoms with Crippen LogP contribution in [0.25, 0.3) is 10.9 Å². The number of hydrogen-bond donors (Lipinski definition) is 3. The molecular weight excluding hydrogens is 323 g/mol. The summed E-state index contributed by atoms with van der Waals surface area (Å²) >= 11 is 0. The van der Waals surface area contributed by atoms with Crippen molar-refractivity contribution in [3.63, 3.8) is 0 Å². The number of aromatic amines is 1. The van der Waals surface area contributed by atoms with Gasteiger partial charge in [0.25, 0.3) is 5.56 Å². The van der Waals surface area contributed by atoms with Gasteiger partial charge in [0.1, 0.15) is 5.82 Å². The van der Waals surface area contributed by atoms with Crippen LogP contribution in [-0.4, -0.2) is 30.0 Å². The van der Waals surface area contributed by atoms with Crippen LogP contribution in [0.4, 0.5) is 4.39 Å². The molecule has 1 amide bonds. The molecular formula is C18H19FN4O2. The molecule has 1 aliphatic rings. The highest BCUT2D eigenvalue weighted by atomic mass is 19.1. The van der Waals surface area contributed by atoms with E-state index in [-0.39, 0.29) is 35.4 Å². The van der Waals surface area contributed by atoms with Gasteiger partial charge in [-0.3, -0.25) is 9.59 Å². The number of carbonyl (C=O) groups excluding carboxylic acids is 1. The van der Waals surface area contributed by atoms with E-state index in [4.69, 9.17) is 5.26 Å². The van der Waals surface area contributed by atoms with Gasteiger partial charge in [-0.15, -0.1) is 0 Å². The molecule has 0 radical (unpaired) electrons. The highest BCUT2D eigenvalue weighted by Gasteiger charge is 2.20. The van der Waals surface area contributed by atoms with Crippen LogP contribution in [-0.2, 0) is 11.2 Å². The van der Waals surface area contributed by atoms with Gasteiger partial charge in [0, 0.05) is 30.1 Å². The molecule has 1 fully saturated rings. The molecule has 2 atom stereocenters. The Labute approximate surface area is 144 Å². The van der Waals surface area contributed by atoms with E-state index in [1.54, 1.807) is 6.07 Å². The van der Waals surface area contributed by atoms with E-state index < -0.39 is 5.82 Å². The van der Waals surface area contributed by atoms with Crippen molar-refractivity contribution in [2.45, 2.75) is 25.3 Å². The minimum absolute atomic E-state index is 0.0259. The number of nitriles is 1. The highest BCUT2D eigenvalue weighted by molar-refractivity contribution is 5.83. The quantitative estimate of drug-likeness (QED) is 0.778. The molecule has 2 heterocycles. The summed E-state index contributed by atoms with van der Waals surface area (Å²) in [5.41, 5.74) is 0.254. The van der Waals surface area contributed by atoms with Crippen molar-refractivity contribution in [2.24, 2.45) is 5.92 Å². The zero-order chi connectivity index (χ0) is 17.8. The maximum atomic E-state index is 13.8. The van der Waals surface area contributed by atoms with E-state index in [2.05, 4.69) is 21.7 Å². The first kappa shape index (κ1) is 17.1. The fourth-order valence-corrected chi connectivity index (χ4v) is 3.04. The number of piperidine rings is 1. The number of halogens is 1. The third kappa shape index (κ3) is 4.03. The van der Waals surface area contributed by atoms with Gasteiger partial charge >= 0.3 is 0 Å². The highest BCUT2D eigenvalue weighted by Crippen LogP contribution is 2.15. The molecule has 1 aromatic heterocycles. The Morgan fingerprint density at radius 1 is 1.40 bits per heavy atom. The van der Waals surface area contributed by atoms with Crippen molar-refractivity contribution in [3.05, 3.63) is 46.0 Å². The topological polar surface area (TPSA) is 97.8 Å². The van der Waals surface area contributed by atoms with Crippen molar-refractivity contribution in [1.29, 1.82) is 5.26 Å². The second-order valence-electron chi connectivity index (χ2n) is 6.31. The van der Waals surface area contributed by atoms with Gasteiger partial charge in [0.2, 0.25) is 5.91 Å². The monoisotopic (exact) mass is 342 g/mol. The fourth-order valence-electron chi connectivity index (χ4n) is 3.04. The Bertz CT molecular complexity index is 879. The summed E-state index contributed by atoms with van der Waals surface area (Å²) in [6, 6.07) is 8.24. The van der Waals surface area contributed by atoms with Crippen LogP contribution < -0.4 is 16.2 Å². The maximum Gasteiger partial charge on any atom is 0.252 e. The first-order chi connectivity index (χ1) is 12.1. The molecule has 0 spiro atoms. The molecule has 3 N–H and O–H groups in total. The summed E-state index contributed by atoms with van der Waals surface area (Å²) in [4.78, 5) is 26.8. The third-order valence-electron chi connectivity index (χ3n) is 4.51. The molecule has 2 aromatic rings. The lowest BCUT2D eigenvalue weighted by atomic mass is 9.96. The van der Waals surface area contributed by atoms with Gasteiger partial charge in [-0.2, -0.15) is 5.26 Å². The summed E-state index contributed by atoms with van der Waals surface area (Å²) in [6.07, 6.45) is 1.53. The predicted molar refractivity (Wildman–Crippen MR) is 91.4 cm³/mol. The molecule has 3 rings (SSSR count). The molecule has 1 aliphatic heterocycles. The lowest BCUT2D eigenvalue weighted by Crippen LogP contribution is -2.46. The van der Waals surface area contributed by atoms with Gasteiger partial charge in [0.15, 0.2) is 0 Å². The van der Waals surface area contributed by atoms with E-state index in [1.165, 1.54) is 18.2 Å². The number of H-pyrrole nitrogens is 1. The van der Waals surface area contributed by atoms with Crippen molar-refractivity contribution >= 4 is 16.8 Å². The van der Waals surface area contributed by atoms with Crippen LogP contribution in [0.5, 0.6) is 0 Å². The van der Waals surface area contributed by atoms with Gasteiger partial charge < -0.3 is 15.6 Å². The van der Waals surface area contributed by atoms with Gasteiger partial charge in [0.05, 0.1) is 23.9 Å². The van der Waals surface area contributed by atoms with Crippen LogP contribution in [0.3, 0.4) is 0 Å². The van der Waals surface area contributed by atoms with Crippen LogP contribution >= 0.6 is 0 Å². The summed E-state index contributed by atoms with van der Waals surface area (Å²) in [7, 11) is 0. The molecule has 25 heavy (non-hydrogen) atoms.